The number of likely N-dealkylation sites (tertiary alicyclic amines) is 1. The van der Waals surface area contributed by atoms with Crippen molar-refractivity contribution in [3.05, 3.63) is 24.2 Å². The molecule has 0 radical (unpaired) electrons. The summed E-state index contributed by atoms with van der Waals surface area (Å²) in [6.07, 6.45) is 1.43. The van der Waals surface area contributed by atoms with E-state index in [4.69, 9.17) is 4.42 Å². The van der Waals surface area contributed by atoms with Gasteiger partial charge in [0.2, 0.25) is 0 Å². The second-order valence-electron chi connectivity index (χ2n) is 5.03. The van der Waals surface area contributed by atoms with Gasteiger partial charge in [-0.05, 0) is 18.1 Å². The quantitative estimate of drug-likeness (QED) is 0.824. The Kier molecular flexibility index (Phi) is 3.47. The molecule has 0 N–H and O–H groups in total. The van der Waals surface area contributed by atoms with Crippen molar-refractivity contribution in [3.63, 3.8) is 0 Å². The van der Waals surface area contributed by atoms with Crippen molar-refractivity contribution in [3.8, 4) is 0 Å². The van der Waals surface area contributed by atoms with Gasteiger partial charge in [0.1, 0.15) is 0 Å². The van der Waals surface area contributed by atoms with Gasteiger partial charge in [0.05, 0.1) is 17.3 Å². The van der Waals surface area contributed by atoms with E-state index in [9.17, 15) is 13.2 Å². The zero-order chi connectivity index (χ0) is 13.3. The molecule has 1 fully saturated rings. The largest absolute Gasteiger partial charge is 0.459 e. The van der Waals surface area contributed by atoms with E-state index in [1.54, 1.807) is 12.1 Å². The van der Waals surface area contributed by atoms with Crippen LogP contribution < -0.4 is 0 Å². The van der Waals surface area contributed by atoms with E-state index in [1.165, 1.54) is 11.2 Å². The molecule has 1 aromatic heterocycles. The summed E-state index contributed by atoms with van der Waals surface area (Å²) < 4.78 is 28.8. The van der Waals surface area contributed by atoms with Crippen molar-refractivity contribution in [2.45, 2.75) is 19.1 Å². The molecule has 1 aliphatic heterocycles. The van der Waals surface area contributed by atoms with Crippen LogP contribution in [0.15, 0.2) is 22.8 Å². The van der Waals surface area contributed by atoms with Gasteiger partial charge >= 0.3 is 0 Å². The SMILES string of the molecule is CC(C)CS(=O)(=O)C1CN(C(=O)c2ccco2)C1. The first-order valence-electron chi connectivity index (χ1n) is 5.94. The molecule has 1 saturated heterocycles. The topological polar surface area (TPSA) is 67.6 Å². The standard InChI is InChI=1S/C12H17NO4S/c1-9(2)8-18(15,16)10-6-13(7-10)12(14)11-4-3-5-17-11/h3-5,9-10H,6-8H2,1-2H3. The molecule has 100 valence electrons. The van der Waals surface area contributed by atoms with Crippen molar-refractivity contribution >= 4 is 15.7 Å². The Bertz CT molecular complexity index is 512. The number of amides is 1. The Hall–Kier alpha value is -1.30. The molecule has 2 heterocycles. The van der Waals surface area contributed by atoms with Crippen molar-refractivity contribution in [2.75, 3.05) is 18.8 Å². The molecule has 1 aliphatic rings. The van der Waals surface area contributed by atoms with E-state index < -0.39 is 15.1 Å². The van der Waals surface area contributed by atoms with Crippen LogP contribution in [-0.2, 0) is 9.84 Å². The van der Waals surface area contributed by atoms with Crippen LogP contribution in [0.5, 0.6) is 0 Å². The lowest BCUT2D eigenvalue weighted by molar-refractivity contribution is 0.0626. The Morgan fingerprint density at radius 2 is 2.17 bits per heavy atom. The van der Waals surface area contributed by atoms with Gasteiger partial charge in [-0.1, -0.05) is 13.8 Å². The highest BCUT2D eigenvalue weighted by molar-refractivity contribution is 7.92. The fourth-order valence-corrected chi connectivity index (χ4v) is 4.00. The monoisotopic (exact) mass is 271 g/mol. The zero-order valence-electron chi connectivity index (χ0n) is 10.5. The lowest BCUT2D eigenvalue weighted by atomic mass is 10.2. The van der Waals surface area contributed by atoms with Gasteiger partial charge in [-0.25, -0.2) is 8.42 Å². The predicted molar refractivity (Wildman–Crippen MR) is 67.0 cm³/mol. The van der Waals surface area contributed by atoms with E-state index in [0.717, 1.165) is 0 Å². The third-order valence-electron chi connectivity index (χ3n) is 2.94. The van der Waals surface area contributed by atoms with Crippen molar-refractivity contribution in [2.24, 2.45) is 5.92 Å². The van der Waals surface area contributed by atoms with Crippen LogP contribution in [-0.4, -0.2) is 43.3 Å². The number of carbonyl (C=O) groups is 1. The number of sulfone groups is 1. The second-order valence-corrected chi connectivity index (χ2v) is 7.36. The number of furan rings is 1. The molecule has 18 heavy (non-hydrogen) atoms. The molecule has 0 aromatic carbocycles. The summed E-state index contributed by atoms with van der Waals surface area (Å²) in [6, 6.07) is 3.22. The average Bonchev–Trinajstić information content (AvgIpc) is 2.63. The van der Waals surface area contributed by atoms with Gasteiger partial charge in [-0.15, -0.1) is 0 Å². The predicted octanol–water partition coefficient (Wildman–Crippen LogP) is 1.17. The van der Waals surface area contributed by atoms with E-state index >= 15 is 0 Å². The molecule has 1 amide bonds. The molecule has 0 unspecified atom stereocenters. The third kappa shape index (κ3) is 2.58. The number of carbonyl (C=O) groups excluding carboxylic acids is 1. The van der Waals surface area contributed by atoms with Crippen molar-refractivity contribution in [1.29, 1.82) is 0 Å². The van der Waals surface area contributed by atoms with Crippen molar-refractivity contribution < 1.29 is 17.6 Å². The highest BCUT2D eigenvalue weighted by Gasteiger charge is 2.40. The first kappa shape index (κ1) is 13.1. The minimum Gasteiger partial charge on any atom is -0.459 e. The van der Waals surface area contributed by atoms with Crippen molar-refractivity contribution in [1.82, 2.24) is 4.90 Å². The van der Waals surface area contributed by atoms with E-state index in [1.807, 2.05) is 13.8 Å². The molecule has 0 spiro atoms. The van der Waals surface area contributed by atoms with E-state index in [-0.39, 0.29) is 36.4 Å². The number of hydrogen-bond donors (Lipinski definition) is 0. The maximum Gasteiger partial charge on any atom is 0.289 e. The first-order valence-corrected chi connectivity index (χ1v) is 7.66. The minimum absolute atomic E-state index is 0.116. The molecule has 2 rings (SSSR count). The second kappa shape index (κ2) is 4.76. The fourth-order valence-electron chi connectivity index (χ4n) is 1.99. The number of rotatable bonds is 4. The lowest BCUT2D eigenvalue weighted by Crippen LogP contribution is -2.57. The summed E-state index contributed by atoms with van der Waals surface area (Å²) in [5.41, 5.74) is 0. The first-order chi connectivity index (χ1) is 8.40. The number of hydrogen-bond acceptors (Lipinski definition) is 4. The molecule has 0 atom stereocenters. The fraction of sp³-hybridized carbons (Fsp3) is 0.583. The summed E-state index contributed by atoms with van der Waals surface area (Å²) in [5.74, 6) is 0.316. The molecule has 5 nitrogen and oxygen atoms in total. The molecular formula is C12H17NO4S. The molecular weight excluding hydrogens is 254 g/mol. The zero-order valence-corrected chi connectivity index (χ0v) is 11.3. The number of nitrogens with zero attached hydrogens (tertiary/aromatic N) is 1. The molecule has 0 bridgehead atoms. The Morgan fingerprint density at radius 3 is 2.67 bits per heavy atom. The van der Waals surface area contributed by atoms with Crippen LogP contribution in [0, 0.1) is 5.92 Å². The van der Waals surface area contributed by atoms with Gasteiger partial charge in [0.15, 0.2) is 15.6 Å². The summed E-state index contributed by atoms with van der Waals surface area (Å²) >= 11 is 0. The van der Waals surface area contributed by atoms with Gasteiger partial charge in [-0.3, -0.25) is 4.79 Å². The average molecular weight is 271 g/mol. The van der Waals surface area contributed by atoms with Crippen LogP contribution >= 0.6 is 0 Å². The van der Waals surface area contributed by atoms with Gasteiger partial charge in [0, 0.05) is 13.1 Å². The van der Waals surface area contributed by atoms with Crippen LogP contribution in [0.4, 0.5) is 0 Å². The van der Waals surface area contributed by atoms with Crippen LogP contribution in [0.1, 0.15) is 24.4 Å². The Labute approximate surface area is 107 Å². The maximum atomic E-state index is 11.9. The van der Waals surface area contributed by atoms with Gasteiger partial charge in [0.25, 0.3) is 5.91 Å². The van der Waals surface area contributed by atoms with Gasteiger partial charge in [-0.2, -0.15) is 0 Å². The molecule has 1 aromatic rings. The highest BCUT2D eigenvalue weighted by Crippen LogP contribution is 2.21. The van der Waals surface area contributed by atoms with Crippen LogP contribution in [0.3, 0.4) is 0 Å². The summed E-state index contributed by atoms with van der Waals surface area (Å²) in [6.45, 7) is 4.30. The third-order valence-corrected chi connectivity index (χ3v) is 5.39. The molecule has 6 heteroatoms. The highest BCUT2D eigenvalue weighted by atomic mass is 32.2. The summed E-state index contributed by atoms with van der Waals surface area (Å²) in [4.78, 5) is 13.3. The smallest absolute Gasteiger partial charge is 0.289 e. The molecule has 0 aliphatic carbocycles. The van der Waals surface area contributed by atoms with E-state index in [0.29, 0.717) is 0 Å². The Morgan fingerprint density at radius 1 is 1.50 bits per heavy atom. The van der Waals surface area contributed by atoms with E-state index in [2.05, 4.69) is 0 Å². The lowest BCUT2D eigenvalue weighted by Gasteiger charge is -2.38. The molecule has 0 saturated carbocycles. The Balaban J connectivity index is 1.93. The van der Waals surface area contributed by atoms with Gasteiger partial charge < -0.3 is 9.32 Å². The summed E-state index contributed by atoms with van der Waals surface area (Å²) in [5, 5.41) is -0.418. The van der Waals surface area contributed by atoms with Crippen LogP contribution in [0.2, 0.25) is 0 Å². The van der Waals surface area contributed by atoms with Crippen LogP contribution in [0.25, 0.3) is 0 Å². The minimum atomic E-state index is -3.08. The maximum absolute atomic E-state index is 11.9. The normalized spacial score (nSPS) is 16.9. The summed E-state index contributed by atoms with van der Waals surface area (Å²) in [7, 11) is -3.08.